The molecule has 0 unspecified atom stereocenters. The van der Waals surface area contributed by atoms with Gasteiger partial charge < -0.3 is 24.8 Å². The third-order valence-electron chi connectivity index (χ3n) is 6.26. The predicted molar refractivity (Wildman–Crippen MR) is 98.8 cm³/mol. The molecule has 0 aromatic heterocycles. The van der Waals surface area contributed by atoms with Gasteiger partial charge in [0.2, 0.25) is 0 Å². The average molecular weight is 374 g/mol. The van der Waals surface area contributed by atoms with Crippen LogP contribution in [0.25, 0.3) is 0 Å². The number of nitrogens with one attached hydrogen (secondary N) is 1. The number of hydrogen-bond donors (Lipinski definition) is 2. The number of nitrogens with zero attached hydrogens (tertiary/aromatic N) is 1. The quantitative estimate of drug-likeness (QED) is 0.772. The Bertz CT molecular complexity index is 722. The Kier molecular flexibility index (Phi) is 4.92. The summed E-state index contributed by atoms with van der Waals surface area (Å²) in [6, 6.07) is 6.66. The predicted octanol–water partition coefficient (Wildman–Crippen LogP) is 1.91. The molecule has 0 radical (unpaired) electrons. The first-order chi connectivity index (χ1) is 13.0. The number of carbonyl (C=O) groups excluding carboxylic acids is 2. The minimum Gasteiger partial charge on any atom is -0.389 e. The molecule has 146 valence electrons. The van der Waals surface area contributed by atoms with Gasteiger partial charge in [0, 0.05) is 55.3 Å². The van der Waals surface area contributed by atoms with E-state index in [1.807, 2.05) is 4.90 Å². The van der Waals surface area contributed by atoms with Crippen LogP contribution in [0.3, 0.4) is 0 Å². The second-order valence-corrected chi connectivity index (χ2v) is 7.77. The summed E-state index contributed by atoms with van der Waals surface area (Å²) >= 11 is 0. The summed E-state index contributed by atoms with van der Waals surface area (Å²) in [6.45, 7) is 4.04. The topological polar surface area (TPSA) is 88.1 Å². The zero-order chi connectivity index (χ0) is 19.0. The largest absolute Gasteiger partial charge is 0.389 e. The first-order valence-electron chi connectivity index (χ1n) is 9.55. The number of ether oxygens (including phenoxy) is 2. The van der Waals surface area contributed by atoms with Crippen LogP contribution in [0.4, 0.5) is 10.5 Å². The third kappa shape index (κ3) is 3.35. The van der Waals surface area contributed by atoms with Gasteiger partial charge in [0.1, 0.15) is 0 Å². The molecule has 3 saturated heterocycles. The molecule has 2 N–H and O–H groups in total. The minimum absolute atomic E-state index is 0.00876. The molecule has 3 aliphatic rings. The smallest absolute Gasteiger partial charge is 0.322 e. The van der Waals surface area contributed by atoms with Gasteiger partial charge in [0.15, 0.2) is 5.78 Å². The second-order valence-electron chi connectivity index (χ2n) is 7.77. The highest BCUT2D eigenvalue weighted by molar-refractivity contribution is 5.95. The molecule has 3 fully saturated rings. The molecule has 0 spiro atoms. The minimum atomic E-state index is -0.830. The van der Waals surface area contributed by atoms with Crippen molar-refractivity contribution in [3.8, 4) is 0 Å². The van der Waals surface area contributed by atoms with Crippen LogP contribution in [-0.2, 0) is 9.47 Å². The van der Waals surface area contributed by atoms with E-state index in [4.69, 9.17) is 9.47 Å². The number of Topliss-reactive ketones (excluding diaryl/α,β-unsaturated/α-hetero) is 1. The van der Waals surface area contributed by atoms with Gasteiger partial charge in [0.05, 0.1) is 18.8 Å². The van der Waals surface area contributed by atoms with Crippen LogP contribution in [-0.4, -0.2) is 66.4 Å². The third-order valence-corrected chi connectivity index (χ3v) is 6.26. The summed E-state index contributed by atoms with van der Waals surface area (Å²) in [5.74, 6) is -0.217. The number of carbonyl (C=O) groups is 2. The van der Waals surface area contributed by atoms with Crippen LogP contribution in [0.5, 0.6) is 0 Å². The standard InChI is InChI=1S/C20H26N2O5/c1-13(23)14-2-4-16(5-3-14)21-19(24)22-10-15-11-27-9-7-20(15,25)17-12-26-8-6-18(17)22/h2-5,15,17-18,25H,6-12H2,1H3,(H,21,24)/t15-,17+,18-,20-/m0/s1. The van der Waals surface area contributed by atoms with Crippen molar-refractivity contribution in [1.82, 2.24) is 4.90 Å². The number of fused-ring (bicyclic) bond motifs is 3. The lowest BCUT2D eigenvalue weighted by Gasteiger charge is -2.56. The van der Waals surface area contributed by atoms with Gasteiger partial charge in [-0.1, -0.05) is 0 Å². The lowest BCUT2D eigenvalue weighted by atomic mass is 9.66. The van der Waals surface area contributed by atoms with Crippen LogP contribution in [0.2, 0.25) is 0 Å². The molecule has 3 heterocycles. The van der Waals surface area contributed by atoms with Gasteiger partial charge in [-0.05, 0) is 37.6 Å². The number of piperidine rings is 1. The molecular weight excluding hydrogens is 348 g/mol. The molecule has 3 aliphatic heterocycles. The maximum absolute atomic E-state index is 13.0. The van der Waals surface area contributed by atoms with Crippen molar-refractivity contribution in [2.45, 2.75) is 31.4 Å². The van der Waals surface area contributed by atoms with E-state index in [0.717, 1.165) is 6.42 Å². The fourth-order valence-electron chi connectivity index (χ4n) is 4.68. The molecule has 7 heteroatoms. The monoisotopic (exact) mass is 374 g/mol. The number of urea groups is 1. The summed E-state index contributed by atoms with van der Waals surface area (Å²) in [5, 5.41) is 14.2. The molecule has 0 saturated carbocycles. The van der Waals surface area contributed by atoms with Gasteiger partial charge in [-0.15, -0.1) is 0 Å². The van der Waals surface area contributed by atoms with E-state index in [9.17, 15) is 14.7 Å². The molecule has 4 rings (SSSR count). The lowest BCUT2D eigenvalue weighted by molar-refractivity contribution is -0.211. The van der Waals surface area contributed by atoms with Crippen LogP contribution < -0.4 is 5.32 Å². The molecule has 2 amide bonds. The van der Waals surface area contributed by atoms with E-state index in [0.29, 0.717) is 50.6 Å². The molecule has 0 aliphatic carbocycles. The Morgan fingerprint density at radius 2 is 1.93 bits per heavy atom. The van der Waals surface area contributed by atoms with Crippen molar-refractivity contribution in [2.75, 3.05) is 38.3 Å². The van der Waals surface area contributed by atoms with Crippen LogP contribution in [0, 0.1) is 11.8 Å². The molecule has 7 nitrogen and oxygen atoms in total. The average Bonchev–Trinajstić information content (AvgIpc) is 2.68. The molecule has 0 bridgehead atoms. The Morgan fingerprint density at radius 1 is 1.19 bits per heavy atom. The summed E-state index contributed by atoms with van der Waals surface area (Å²) in [7, 11) is 0. The summed E-state index contributed by atoms with van der Waals surface area (Å²) in [5.41, 5.74) is 0.428. The zero-order valence-electron chi connectivity index (χ0n) is 15.5. The van der Waals surface area contributed by atoms with Gasteiger partial charge in [-0.25, -0.2) is 4.79 Å². The van der Waals surface area contributed by atoms with Gasteiger partial charge in [0.25, 0.3) is 0 Å². The van der Waals surface area contributed by atoms with Gasteiger partial charge in [-0.3, -0.25) is 4.79 Å². The SMILES string of the molecule is CC(=O)c1ccc(NC(=O)N2C[C@H]3COCC[C@@]3(O)[C@@H]3COCC[C@@H]32)cc1. The van der Waals surface area contributed by atoms with E-state index in [1.165, 1.54) is 6.92 Å². The number of amides is 2. The van der Waals surface area contributed by atoms with Crippen molar-refractivity contribution >= 4 is 17.5 Å². The number of likely N-dealkylation sites (tertiary alicyclic amines) is 1. The van der Waals surface area contributed by atoms with Crippen molar-refractivity contribution in [2.24, 2.45) is 11.8 Å². The van der Waals surface area contributed by atoms with Crippen LogP contribution in [0.1, 0.15) is 30.1 Å². The summed E-state index contributed by atoms with van der Waals surface area (Å²) < 4.78 is 11.2. The molecule has 27 heavy (non-hydrogen) atoms. The normalized spacial score (nSPS) is 33.0. The Balaban J connectivity index is 1.53. The zero-order valence-corrected chi connectivity index (χ0v) is 15.5. The molecule has 4 atom stereocenters. The van der Waals surface area contributed by atoms with E-state index < -0.39 is 5.60 Å². The number of hydrogen-bond acceptors (Lipinski definition) is 5. The molecule has 1 aromatic rings. The van der Waals surface area contributed by atoms with Gasteiger partial charge >= 0.3 is 6.03 Å². The fraction of sp³-hybridized carbons (Fsp3) is 0.600. The van der Waals surface area contributed by atoms with Crippen molar-refractivity contribution in [1.29, 1.82) is 0 Å². The Labute approximate surface area is 158 Å². The maximum Gasteiger partial charge on any atom is 0.322 e. The first kappa shape index (κ1) is 18.4. The van der Waals surface area contributed by atoms with Crippen molar-refractivity contribution in [3.05, 3.63) is 29.8 Å². The molecular formula is C20H26N2O5. The van der Waals surface area contributed by atoms with Crippen molar-refractivity contribution in [3.63, 3.8) is 0 Å². The first-order valence-corrected chi connectivity index (χ1v) is 9.55. The Hall–Kier alpha value is -1.96. The number of aliphatic hydroxyl groups is 1. The van der Waals surface area contributed by atoms with E-state index in [-0.39, 0.29) is 29.7 Å². The number of anilines is 1. The number of rotatable bonds is 2. The van der Waals surface area contributed by atoms with Crippen molar-refractivity contribution < 1.29 is 24.2 Å². The maximum atomic E-state index is 13.0. The highest BCUT2D eigenvalue weighted by atomic mass is 16.5. The number of benzene rings is 1. The highest BCUT2D eigenvalue weighted by Gasteiger charge is 2.56. The molecule has 1 aromatic carbocycles. The van der Waals surface area contributed by atoms with Gasteiger partial charge in [-0.2, -0.15) is 0 Å². The highest BCUT2D eigenvalue weighted by Crippen LogP contribution is 2.44. The van der Waals surface area contributed by atoms with E-state index >= 15 is 0 Å². The van der Waals surface area contributed by atoms with Crippen LogP contribution >= 0.6 is 0 Å². The Morgan fingerprint density at radius 3 is 2.67 bits per heavy atom. The van der Waals surface area contributed by atoms with Crippen LogP contribution in [0.15, 0.2) is 24.3 Å². The fourth-order valence-corrected chi connectivity index (χ4v) is 4.68. The summed E-state index contributed by atoms with van der Waals surface area (Å²) in [4.78, 5) is 26.2. The second kappa shape index (κ2) is 7.22. The van der Waals surface area contributed by atoms with E-state index in [2.05, 4.69) is 5.32 Å². The summed E-state index contributed by atoms with van der Waals surface area (Å²) in [6.07, 6.45) is 1.31. The van der Waals surface area contributed by atoms with E-state index in [1.54, 1.807) is 24.3 Å². The number of ketones is 1. The lowest BCUT2D eigenvalue weighted by Crippen LogP contribution is -2.69.